The van der Waals surface area contributed by atoms with Gasteiger partial charge in [-0.05, 0) is 51.0 Å². The molecule has 0 bridgehead atoms. The van der Waals surface area contributed by atoms with Crippen molar-refractivity contribution >= 4 is 0 Å². The average molecular weight is 318 g/mol. The summed E-state index contributed by atoms with van der Waals surface area (Å²) in [5.74, 6) is 1.36. The van der Waals surface area contributed by atoms with Crippen LogP contribution in [0.1, 0.15) is 39.2 Å². The Balaban J connectivity index is 1.44. The zero-order chi connectivity index (χ0) is 16.4. The van der Waals surface area contributed by atoms with E-state index in [2.05, 4.69) is 40.5 Å². The summed E-state index contributed by atoms with van der Waals surface area (Å²) >= 11 is 0. The van der Waals surface area contributed by atoms with E-state index in [1.165, 1.54) is 18.4 Å². The van der Waals surface area contributed by atoms with Gasteiger partial charge in [-0.15, -0.1) is 0 Å². The van der Waals surface area contributed by atoms with Gasteiger partial charge in [0.25, 0.3) is 0 Å². The number of aliphatic hydroxyl groups is 1. The number of hydrogen-bond donors (Lipinski definition) is 2. The number of aliphatic hydroxyl groups excluding tert-OH is 1. The van der Waals surface area contributed by atoms with Crippen LogP contribution in [0.25, 0.3) is 0 Å². The molecule has 128 valence electrons. The number of nitrogens with one attached hydrogen (secondary N) is 1. The highest BCUT2D eigenvalue weighted by atomic mass is 16.6. The van der Waals surface area contributed by atoms with E-state index in [0.29, 0.717) is 17.9 Å². The van der Waals surface area contributed by atoms with E-state index in [4.69, 9.17) is 4.74 Å². The van der Waals surface area contributed by atoms with Gasteiger partial charge >= 0.3 is 0 Å². The van der Waals surface area contributed by atoms with E-state index >= 15 is 0 Å². The van der Waals surface area contributed by atoms with Crippen LogP contribution in [0, 0.1) is 11.8 Å². The molecule has 2 aliphatic rings. The lowest BCUT2D eigenvalue weighted by Gasteiger charge is -2.30. The van der Waals surface area contributed by atoms with Crippen molar-refractivity contribution in [2.75, 3.05) is 13.1 Å². The molecule has 1 aromatic rings. The van der Waals surface area contributed by atoms with Gasteiger partial charge in [-0.1, -0.05) is 30.3 Å². The largest absolute Gasteiger partial charge is 0.356 e. The van der Waals surface area contributed by atoms with Gasteiger partial charge in [0.2, 0.25) is 6.41 Å². The van der Waals surface area contributed by atoms with Crippen LogP contribution in [0.2, 0.25) is 0 Å². The first-order valence-electron chi connectivity index (χ1n) is 8.78. The van der Waals surface area contributed by atoms with Crippen LogP contribution in [0.3, 0.4) is 0 Å². The van der Waals surface area contributed by atoms with E-state index in [1.54, 1.807) is 0 Å². The fourth-order valence-electron chi connectivity index (χ4n) is 3.93. The Morgan fingerprint density at radius 2 is 1.78 bits per heavy atom. The Morgan fingerprint density at radius 1 is 1.17 bits per heavy atom. The lowest BCUT2D eigenvalue weighted by atomic mass is 10.0. The maximum atomic E-state index is 10.2. The third-order valence-corrected chi connectivity index (χ3v) is 4.99. The van der Waals surface area contributed by atoms with Crippen molar-refractivity contribution in [2.24, 2.45) is 11.8 Å². The summed E-state index contributed by atoms with van der Waals surface area (Å²) < 4.78 is 5.68. The molecule has 1 aliphatic carbocycles. The molecule has 2 unspecified atom stereocenters. The van der Waals surface area contributed by atoms with Crippen LogP contribution < -0.4 is 5.32 Å². The predicted molar refractivity (Wildman–Crippen MR) is 91.7 cm³/mol. The lowest BCUT2D eigenvalue weighted by molar-refractivity contribution is -0.235. The molecule has 0 radical (unpaired) electrons. The number of likely N-dealkylation sites (tertiary alicyclic amines) is 1. The second-order valence-corrected chi connectivity index (χ2v) is 8.07. The number of rotatable bonds is 5. The van der Waals surface area contributed by atoms with E-state index in [-0.39, 0.29) is 5.60 Å². The van der Waals surface area contributed by atoms with Crippen LogP contribution in [0.5, 0.6) is 0 Å². The second-order valence-electron chi connectivity index (χ2n) is 8.07. The number of fused-ring (bicyclic) bond motifs is 1. The average Bonchev–Trinajstić information content (AvgIpc) is 3.02. The van der Waals surface area contributed by atoms with Gasteiger partial charge in [0.05, 0.1) is 5.60 Å². The third-order valence-electron chi connectivity index (χ3n) is 4.99. The Bertz CT molecular complexity index is 486. The van der Waals surface area contributed by atoms with Gasteiger partial charge in [0.1, 0.15) is 0 Å². The summed E-state index contributed by atoms with van der Waals surface area (Å²) in [6.07, 6.45) is 1.64. The van der Waals surface area contributed by atoms with Crippen LogP contribution in [-0.4, -0.2) is 41.2 Å². The molecule has 23 heavy (non-hydrogen) atoms. The Labute approximate surface area is 139 Å². The van der Waals surface area contributed by atoms with Gasteiger partial charge in [-0.25, -0.2) is 0 Å². The number of nitrogens with zero attached hydrogens (tertiary/aromatic N) is 1. The summed E-state index contributed by atoms with van der Waals surface area (Å²) in [7, 11) is 0. The maximum absolute atomic E-state index is 10.2. The first-order chi connectivity index (χ1) is 10.9. The Morgan fingerprint density at radius 3 is 2.35 bits per heavy atom. The normalized spacial score (nSPS) is 29.7. The molecule has 1 aromatic carbocycles. The van der Waals surface area contributed by atoms with Gasteiger partial charge in [-0.3, -0.25) is 4.90 Å². The minimum absolute atomic E-state index is 0.309. The fraction of sp³-hybridized carbons (Fsp3) is 0.684. The van der Waals surface area contributed by atoms with Crippen LogP contribution in [0.15, 0.2) is 30.3 Å². The molecule has 4 atom stereocenters. The molecular weight excluding hydrogens is 288 g/mol. The summed E-state index contributed by atoms with van der Waals surface area (Å²) in [5.41, 5.74) is 1.04. The smallest absolute Gasteiger partial charge is 0.216 e. The van der Waals surface area contributed by atoms with Crippen molar-refractivity contribution in [3.05, 3.63) is 35.9 Å². The van der Waals surface area contributed by atoms with Crippen molar-refractivity contribution in [1.82, 2.24) is 10.2 Å². The van der Waals surface area contributed by atoms with Crippen molar-refractivity contribution in [2.45, 2.75) is 58.2 Å². The zero-order valence-electron chi connectivity index (χ0n) is 14.5. The third kappa shape index (κ3) is 4.54. The molecule has 1 saturated carbocycles. The molecule has 0 aromatic heterocycles. The molecule has 1 aliphatic heterocycles. The highest BCUT2D eigenvalue weighted by molar-refractivity contribution is 5.14. The number of hydrogen-bond acceptors (Lipinski definition) is 4. The van der Waals surface area contributed by atoms with E-state index in [1.807, 2.05) is 20.8 Å². The Hall–Kier alpha value is -0.940. The van der Waals surface area contributed by atoms with E-state index in [9.17, 15) is 5.11 Å². The highest BCUT2D eigenvalue weighted by Crippen LogP contribution is 2.39. The highest BCUT2D eigenvalue weighted by Gasteiger charge is 2.43. The summed E-state index contributed by atoms with van der Waals surface area (Å²) in [6.45, 7) is 8.80. The minimum Gasteiger partial charge on any atom is -0.356 e. The molecular formula is C19H30N2O2. The molecule has 2 fully saturated rings. The fourth-order valence-corrected chi connectivity index (χ4v) is 3.93. The van der Waals surface area contributed by atoms with Crippen molar-refractivity contribution in [3.8, 4) is 0 Å². The number of benzene rings is 1. The maximum Gasteiger partial charge on any atom is 0.216 e. The Kier molecular flexibility index (Phi) is 5.07. The van der Waals surface area contributed by atoms with Gasteiger partial charge in [0, 0.05) is 25.7 Å². The van der Waals surface area contributed by atoms with Crippen molar-refractivity contribution < 1.29 is 9.84 Å². The first-order valence-corrected chi connectivity index (χ1v) is 8.78. The predicted octanol–water partition coefficient (Wildman–Crippen LogP) is 2.58. The molecule has 1 saturated heterocycles. The van der Waals surface area contributed by atoms with Crippen LogP contribution in [-0.2, 0) is 11.3 Å². The molecule has 2 N–H and O–H groups in total. The van der Waals surface area contributed by atoms with Gasteiger partial charge < -0.3 is 15.2 Å². The molecule has 3 rings (SSSR count). The van der Waals surface area contributed by atoms with Gasteiger partial charge in [0.15, 0.2) is 0 Å². The molecule has 0 amide bonds. The summed E-state index contributed by atoms with van der Waals surface area (Å²) in [5, 5.41) is 13.9. The van der Waals surface area contributed by atoms with Crippen molar-refractivity contribution in [3.63, 3.8) is 0 Å². The molecule has 4 nitrogen and oxygen atoms in total. The topological polar surface area (TPSA) is 44.7 Å². The van der Waals surface area contributed by atoms with Gasteiger partial charge in [-0.2, -0.15) is 0 Å². The van der Waals surface area contributed by atoms with Crippen LogP contribution in [0.4, 0.5) is 0 Å². The number of ether oxygens (including phenoxy) is 1. The van der Waals surface area contributed by atoms with E-state index in [0.717, 1.165) is 19.6 Å². The standard InChI is InChI=1S/C19H30N2O2/c1-19(2,3)23-18(22)21-12-15-9-17(10-16(15)13-21)20-11-14-7-5-4-6-8-14/h4-8,15-18,20,22H,9-13H2,1-3H3/t15-,16+,17?,18?. The minimum atomic E-state index is -0.767. The molecule has 1 heterocycles. The second kappa shape index (κ2) is 6.89. The first kappa shape index (κ1) is 16.9. The SMILES string of the molecule is CC(C)(C)OC(O)N1C[C@H]2CC(NCc3ccccc3)C[C@H]2C1. The quantitative estimate of drug-likeness (QED) is 0.819. The van der Waals surface area contributed by atoms with Crippen molar-refractivity contribution in [1.29, 1.82) is 0 Å². The monoisotopic (exact) mass is 318 g/mol. The van der Waals surface area contributed by atoms with E-state index < -0.39 is 6.41 Å². The summed E-state index contributed by atoms with van der Waals surface area (Å²) in [4.78, 5) is 2.09. The molecule has 4 heteroatoms. The summed E-state index contributed by atoms with van der Waals surface area (Å²) in [6, 6.07) is 11.2. The zero-order valence-corrected chi connectivity index (χ0v) is 14.5. The lowest BCUT2D eigenvalue weighted by Crippen LogP contribution is -2.41. The van der Waals surface area contributed by atoms with Crippen LogP contribution >= 0.6 is 0 Å². The molecule has 0 spiro atoms.